The zero-order chi connectivity index (χ0) is 17.0. The number of hydrogen-bond donors (Lipinski definition) is 1. The van der Waals surface area contributed by atoms with Crippen molar-refractivity contribution in [1.29, 1.82) is 0 Å². The van der Waals surface area contributed by atoms with E-state index >= 15 is 0 Å². The fourth-order valence-corrected chi connectivity index (χ4v) is 2.82. The Bertz CT molecular complexity index is 830. The molecule has 2 aromatic rings. The predicted octanol–water partition coefficient (Wildman–Crippen LogP) is 5.05. The number of benzene rings is 1. The highest BCUT2D eigenvalue weighted by Crippen LogP contribution is 2.25. The van der Waals surface area contributed by atoms with Gasteiger partial charge in [-0.05, 0) is 42.5 Å². The van der Waals surface area contributed by atoms with Crippen LogP contribution in [-0.2, 0) is 0 Å². The van der Waals surface area contributed by atoms with Gasteiger partial charge in [0.15, 0.2) is 5.78 Å². The molecule has 0 fully saturated rings. The van der Waals surface area contributed by atoms with Crippen LogP contribution in [0.25, 0.3) is 6.08 Å². The summed E-state index contributed by atoms with van der Waals surface area (Å²) in [5.41, 5.74) is 0.539. The molecule has 6 heteroatoms. The van der Waals surface area contributed by atoms with Crippen LogP contribution < -0.4 is 10.7 Å². The summed E-state index contributed by atoms with van der Waals surface area (Å²) in [5, 5.41) is 3.64. The van der Waals surface area contributed by atoms with Crippen LogP contribution in [0.4, 0.5) is 5.69 Å². The lowest BCUT2D eigenvalue weighted by molar-refractivity contribution is 0.104. The second-order valence-electron chi connectivity index (χ2n) is 4.60. The van der Waals surface area contributed by atoms with Crippen molar-refractivity contribution < 1.29 is 4.79 Å². The second-order valence-corrected chi connectivity index (χ2v) is 6.33. The molecule has 0 spiro atoms. The molecule has 23 heavy (non-hydrogen) atoms. The summed E-state index contributed by atoms with van der Waals surface area (Å²) in [6.45, 7) is 0. The van der Waals surface area contributed by atoms with Gasteiger partial charge in [-0.1, -0.05) is 45.2 Å². The van der Waals surface area contributed by atoms with E-state index in [1.807, 2.05) is 0 Å². The summed E-state index contributed by atoms with van der Waals surface area (Å²) >= 11 is 15.4. The number of carbonyl (C=O) groups is 1. The van der Waals surface area contributed by atoms with Crippen molar-refractivity contribution in [2.45, 2.75) is 0 Å². The van der Waals surface area contributed by atoms with Gasteiger partial charge in [-0.3, -0.25) is 9.59 Å². The maximum Gasteiger partial charge on any atom is 0.212 e. The SMILES string of the molecule is CNc1ccc(Br)cc(C(=O)/C=C\c2c(Cl)cccc2Cl)c1=O. The number of halogens is 3. The summed E-state index contributed by atoms with van der Waals surface area (Å²) in [7, 11) is 1.62. The standard InChI is InChI=1S/C17H12BrCl2NO2/c1-21-15-7-5-10(18)9-12(17(15)23)16(22)8-6-11-13(19)3-2-4-14(11)20/h2-9H,1H3,(H,21,23)/b8-6-. The van der Waals surface area contributed by atoms with E-state index in [1.54, 1.807) is 37.4 Å². The minimum Gasteiger partial charge on any atom is -0.385 e. The van der Waals surface area contributed by atoms with Crippen molar-refractivity contribution >= 4 is 56.7 Å². The van der Waals surface area contributed by atoms with Gasteiger partial charge in [0, 0.05) is 27.1 Å². The average molecular weight is 413 g/mol. The van der Waals surface area contributed by atoms with E-state index in [-0.39, 0.29) is 11.0 Å². The number of nitrogens with one attached hydrogen (secondary N) is 1. The first-order chi connectivity index (χ1) is 10.9. The molecule has 0 atom stereocenters. The van der Waals surface area contributed by atoms with Crippen LogP contribution >= 0.6 is 39.1 Å². The third-order valence-corrected chi connectivity index (χ3v) is 4.27. The zero-order valence-electron chi connectivity index (χ0n) is 12.1. The number of anilines is 1. The third-order valence-electron chi connectivity index (χ3n) is 3.12. The van der Waals surface area contributed by atoms with Crippen molar-refractivity contribution in [1.82, 2.24) is 0 Å². The minimum absolute atomic E-state index is 0.0469. The highest BCUT2D eigenvalue weighted by atomic mass is 79.9. The molecule has 0 heterocycles. The summed E-state index contributed by atoms with van der Waals surface area (Å²) in [4.78, 5) is 24.7. The van der Waals surface area contributed by atoms with Gasteiger partial charge >= 0.3 is 0 Å². The predicted molar refractivity (Wildman–Crippen MR) is 99.8 cm³/mol. The van der Waals surface area contributed by atoms with Crippen LogP contribution in [0.2, 0.25) is 10.0 Å². The van der Waals surface area contributed by atoms with Crippen LogP contribution in [0.3, 0.4) is 0 Å². The summed E-state index contributed by atoms with van der Waals surface area (Å²) in [6, 6.07) is 9.86. The fraction of sp³-hybridized carbons (Fsp3) is 0.0588. The molecule has 1 N–H and O–H groups in total. The van der Waals surface area contributed by atoms with Gasteiger partial charge in [0.2, 0.25) is 5.43 Å². The van der Waals surface area contributed by atoms with Crippen molar-refractivity contribution in [2.24, 2.45) is 0 Å². The number of hydrogen-bond acceptors (Lipinski definition) is 3. The number of allylic oxidation sites excluding steroid dienone is 1. The molecular formula is C17H12BrCl2NO2. The monoisotopic (exact) mass is 411 g/mol. The first kappa shape index (κ1) is 17.7. The Morgan fingerprint density at radius 1 is 1.17 bits per heavy atom. The Labute approximate surface area is 152 Å². The zero-order valence-corrected chi connectivity index (χ0v) is 15.2. The highest BCUT2D eigenvalue weighted by molar-refractivity contribution is 9.10. The molecule has 0 amide bonds. The minimum atomic E-state index is -0.431. The third kappa shape index (κ3) is 4.22. The Hall–Kier alpha value is -1.62. The molecule has 2 aromatic carbocycles. The van der Waals surface area contributed by atoms with E-state index in [4.69, 9.17) is 23.2 Å². The molecule has 118 valence electrons. The van der Waals surface area contributed by atoms with Gasteiger partial charge in [-0.2, -0.15) is 0 Å². The number of rotatable bonds is 4. The molecule has 0 aliphatic heterocycles. The van der Waals surface area contributed by atoms with Crippen molar-refractivity contribution in [3.8, 4) is 0 Å². The lowest BCUT2D eigenvalue weighted by Gasteiger charge is -2.00. The normalized spacial score (nSPS) is 10.8. The van der Waals surface area contributed by atoms with E-state index in [2.05, 4.69) is 21.2 Å². The van der Waals surface area contributed by atoms with Gasteiger partial charge < -0.3 is 5.32 Å². The smallest absolute Gasteiger partial charge is 0.212 e. The topological polar surface area (TPSA) is 46.2 Å². The number of ketones is 1. The largest absolute Gasteiger partial charge is 0.385 e. The van der Waals surface area contributed by atoms with Crippen LogP contribution in [0.1, 0.15) is 15.9 Å². The van der Waals surface area contributed by atoms with Gasteiger partial charge in [0.1, 0.15) is 0 Å². The molecule has 0 aliphatic carbocycles. The molecule has 0 radical (unpaired) electrons. The molecule has 0 bridgehead atoms. The maximum absolute atomic E-state index is 12.4. The molecule has 3 nitrogen and oxygen atoms in total. The highest BCUT2D eigenvalue weighted by Gasteiger charge is 2.11. The average Bonchev–Trinajstić information content (AvgIpc) is 2.65. The molecule has 0 saturated carbocycles. The van der Waals surface area contributed by atoms with Gasteiger partial charge in [-0.15, -0.1) is 0 Å². The lowest BCUT2D eigenvalue weighted by Crippen LogP contribution is -2.14. The Morgan fingerprint density at radius 3 is 2.43 bits per heavy atom. The summed E-state index contributed by atoms with van der Waals surface area (Å²) < 4.78 is 0.628. The maximum atomic E-state index is 12.4. The first-order valence-corrected chi connectivity index (χ1v) is 8.17. The summed E-state index contributed by atoms with van der Waals surface area (Å²) in [6.07, 6.45) is 2.79. The van der Waals surface area contributed by atoms with E-state index in [0.717, 1.165) is 0 Å². The Morgan fingerprint density at radius 2 is 1.83 bits per heavy atom. The van der Waals surface area contributed by atoms with Gasteiger partial charge in [-0.25, -0.2) is 0 Å². The fourth-order valence-electron chi connectivity index (χ4n) is 1.93. The van der Waals surface area contributed by atoms with Gasteiger partial charge in [0.25, 0.3) is 0 Å². The molecule has 2 rings (SSSR count). The van der Waals surface area contributed by atoms with Crippen molar-refractivity contribution in [3.05, 3.63) is 78.3 Å². The summed E-state index contributed by atoms with van der Waals surface area (Å²) in [5.74, 6) is -0.431. The molecule has 0 aromatic heterocycles. The van der Waals surface area contributed by atoms with E-state index in [1.165, 1.54) is 18.2 Å². The van der Waals surface area contributed by atoms with Crippen molar-refractivity contribution in [3.63, 3.8) is 0 Å². The van der Waals surface area contributed by atoms with E-state index in [0.29, 0.717) is 25.8 Å². The second kappa shape index (κ2) is 7.77. The molecule has 0 unspecified atom stereocenters. The van der Waals surface area contributed by atoms with Crippen LogP contribution in [0, 0.1) is 0 Å². The van der Waals surface area contributed by atoms with Crippen molar-refractivity contribution in [2.75, 3.05) is 12.4 Å². The van der Waals surface area contributed by atoms with E-state index in [9.17, 15) is 9.59 Å². The van der Waals surface area contributed by atoms with Crippen LogP contribution in [0.5, 0.6) is 0 Å². The Balaban J connectivity index is 2.47. The molecule has 0 saturated heterocycles. The molecule has 0 aliphatic rings. The lowest BCUT2D eigenvalue weighted by atomic mass is 10.1. The van der Waals surface area contributed by atoms with Gasteiger partial charge in [0.05, 0.1) is 11.3 Å². The van der Waals surface area contributed by atoms with Crippen LogP contribution in [0.15, 0.2) is 51.7 Å². The quantitative estimate of drug-likeness (QED) is 0.564. The molecular weight excluding hydrogens is 401 g/mol. The first-order valence-electron chi connectivity index (χ1n) is 6.62. The van der Waals surface area contributed by atoms with Crippen LogP contribution in [-0.4, -0.2) is 12.8 Å². The number of carbonyl (C=O) groups excluding carboxylic acids is 1. The Kier molecular flexibility index (Phi) is 5.99. The van der Waals surface area contributed by atoms with E-state index < -0.39 is 5.78 Å².